The quantitative estimate of drug-likeness (QED) is 0.0238. The molecule has 9 N–H and O–H groups in total. The fourth-order valence-electron chi connectivity index (χ4n) is 7.66. The summed E-state index contributed by atoms with van der Waals surface area (Å²) in [5, 5.41) is 68.1. The Hall–Kier alpha value is -2.97. The predicted octanol–water partition coefficient (Wildman–Crippen LogP) is 6.20. The van der Waals surface area contributed by atoms with Crippen molar-refractivity contribution in [3.05, 3.63) is 72.9 Å². The van der Waals surface area contributed by atoms with Crippen molar-refractivity contribution in [1.29, 1.82) is 0 Å². The first-order valence-corrected chi connectivity index (χ1v) is 27.6. The highest BCUT2D eigenvalue weighted by Crippen LogP contribution is 2.49. The van der Waals surface area contributed by atoms with E-state index in [1.807, 2.05) is 25.2 Å². The molecule has 2 rings (SSSR count). The average molecular weight is 1040 g/mol. The number of phosphoric ester groups is 2. The molecule has 0 saturated heterocycles. The highest BCUT2D eigenvalue weighted by Gasteiger charge is 2.51. The molecule has 0 aromatic rings. The number of fused-ring (bicyclic) bond motifs is 4. The third kappa shape index (κ3) is 26.6. The van der Waals surface area contributed by atoms with Crippen molar-refractivity contribution in [2.45, 2.75) is 191 Å². The van der Waals surface area contributed by atoms with Gasteiger partial charge in [0, 0.05) is 25.2 Å². The third-order valence-corrected chi connectivity index (χ3v) is 13.1. The fourth-order valence-corrected chi connectivity index (χ4v) is 9.19. The van der Waals surface area contributed by atoms with Crippen LogP contribution in [0.2, 0.25) is 0 Å². The van der Waals surface area contributed by atoms with Gasteiger partial charge in [0.2, 0.25) is 0 Å². The molecule has 0 aromatic heterocycles. The summed E-state index contributed by atoms with van der Waals surface area (Å²) < 4.78 is 52.1. The van der Waals surface area contributed by atoms with Crippen LogP contribution in [0.15, 0.2) is 72.9 Å². The van der Waals surface area contributed by atoms with Gasteiger partial charge < -0.3 is 54.8 Å². The van der Waals surface area contributed by atoms with Crippen LogP contribution in [-0.2, 0) is 46.6 Å². The maximum Gasteiger partial charge on any atom is 0.472 e. The molecule has 1 fully saturated rings. The number of carbonyl (C=O) groups is 3. The number of ketones is 1. The molecule has 0 radical (unpaired) electrons. The van der Waals surface area contributed by atoms with Gasteiger partial charge in [-0.2, -0.15) is 0 Å². The minimum absolute atomic E-state index is 0.115. The zero-order chi connectivity index (χ0) is 52.0. The number of aliphatic hydroxyl groups excluding tert-OH is 6. The summed E-state index contributed by atoms with van der Waals surface area (Å²) in [4.78, 5) is 70.6. The van der Waals surface area contributed by atoms with E-state index in [1.165, 1.54) is 25.3 Å². The molecular formula is C49H80O19P2. The van der Waals surface area contributed by atoms with Crippen molar-refractivity contribution >= 4 is 33.4 Å². The predicted molar refractivity (Wildman–Crippen MR) is 260 cm³/mol. The van der Waals surface area contributed by atoms with Crippen LogP contribution in [0.1, 0.15) is 136 Å². The average Bonchev–Trinajstić information content (AvgIpc) is 3.30. The normalized spacial score (nSPS) is 30.7. The van der Waals surface area contributed by atoms with E-state index in [0.717, 1.165) is 44.3 Å². The zero-order valence-electron chi connectivity index (χ0n) is 40.6. The van der Waals surface area contributed by atoms with Crippen molar-refractivity contribution in [2.75, 3.05) is 13.2 Å². The lowest BCUT2D eigenvalue weighted by atomic mass is 9.83. The number of aliphatic hydroxyl groups is 6. The molecule has 19 nitrogen and oxygen atoms in total. The number of esters is 2. The molecule has 12 atom stereocenters. The zero-order valence-corrected chi connectivity index (χ0v) is 42.4. The summed E-state index contributed by atoms with van der Waals surface area (Å²) >= 11 is 0. The van der Waals surface area contributed by atoms with Crippen LogP contribution >= 0.6 is 15.6 Å². The van der Waals surface area contributed by atoms with Gasteiger partial charge in [-0.15, -0.1) is 0 Å². The molecule has 1 saturated carbocycles. The van der Waals surface area contributed by atoms with Crippen molar-refractivity contribution in [3.8, 4) is 0 Å². The van der Waals surface area contributed by atoms with E-state index in [1.54, 1.807) is 6.08 Å². The second kappa shape index (κ2) is 35.2. The first-order chi connectivity index (χ1) is 33.3. The van der Waals surface area contributed by atoms with Crippen LogP contribution in [0.3, 0.4) is 0 Å². The molecule has 70 heavy (non-hydrogen) atoms. The van der Waals surface area contributed by atoms with Gasteiger partial charge in [-0.25, -0.2) is 9.13 Å². The van der Waals surface area contributed by atoms with Gasteiger partial charge in [-0.05, 0) is 70.6 Å². The molecule has 0 amide bonds. The van der Waals surface area contributed by atoms with E-state index < -0.39 is 120 Å². The summed E-state index contributed by atoms with van der Waals surface area (Å²) in [6.45, 7) is 2.45. The largest absolute Gasteiger partial charge is 0.472 e. The van der Waals surface area contributed by atoms with Gasteiger partial charge in [0.15, 0.2) is 6.10 Å². The van der Waals surface area contributed by atoms with Crippen LogP contribution in [-0.4, -0.2) is 131 Å². The number of Topliss-reactive ketones (excluding diaryl/α,β-unsaturated/α-hetero) is 1. The summed E-state index contributed by atoms with van der Waals surface area (Å²) in [6.07, 6.45) is 11.5. The number of cyclic esters (lactones) is 1. The lowest BCUT2D eigenvalue weighted by Crippen LogP contribution is -2.56. The number of allylic oxidation sites excluding steroid dienone is 10. The van der Waals surface area contributed by atoms with Crippen LogP contribution in [0, 0.1) is 11.8 Å². The number of hydrogen-bond acceptors (Lipinski definition) is 16. The highest BCUT2D eigenvalue weighted by atomic mass is 31.2. The molecule has 1 unspecified atom stereocenters. The minimum atomic E-state index is -5.81. The van der Waals surface area contributed by atoms with E-state index in [4.69, 9.17) is 23.0 Å². The topological polar surface area (TPSA) is 314 Å². The van der Waals surface area contributed by atoms with Gasteiger partial charge in [-0.3, -0.25) is 28.0 Å². The number of rotatable bonds is 23. The number of unbranched alkanes of at least 4 members (excludes halogenated alkanes) is 6. The van der Waals surface area contributed by atoms with E-state index in [9.17, 15) is 68.8 Å². The number of carbonyl (C=O) groups excluding carboxylic acids is 3. The molecule has 2 bridgehead atoms. The fraction of sp³-hybridized carbons (Fsp3) is 0.694. The van der Waals surface area contributed by atoms with Gasteiger partial charge >= 0.3 is 27.6 Å². The Morgan fingerprint density at radius 1 is 0.829 bits per heavy atom. The van der Waals surface area contributed by atoms with Crippen molar-refractivity contribution in [1.82, 2.24) is 0 Å². The number of phosphoric acid groups is 2. The van der Waals surface area contributed by atoms with E-state index >= 15 is 0 Å². The monoisotopic (exact) mass is 1030 g/mol. The lowest BCUT2D eigenvalue weighted by Gasteiger charge is -2.38. The van der Waals surface area contributed by atoms with Gasteiger partial charge in [0.1, 0.15) is 36.8 Å². The Kier molecular flexibility index (Phi) is 31.8. The van der Waals surface area contributed by atoms with E-state index in [0.29, 0.717) is 25.7 Å². The van der Waals surface area contributed by atoms with Crippen LogP contribution in [0.4, 0.5) is 0 Å². The Labute approximate surface area is 412 Å². The summed E-state index contributed by atoms with van der Waals surface area (Å²) in [5.41, 5.74) is 0. The smallest absolute Gasteiger partial charge is 0.462 e. The van der Waals surface area contributed by atoms with Gasteiger partial charge in [0.05, 0.1) is 36.9 Å². The molecule has 1 heterocycles. The standard InChI is InChI=1S/C49H80O19P2/c1-3-5-7-8-9-10-11-12-13-14-15-16-17-18-19-20-26-30-43(54)66-37-34-64-42(53)29-25-22-21-24-28-38-40(51)33-41(52)39(32-31-36(50)27-23-6-4-2)45(56)48(67-69(59,60)61)49(47(58)46(57)44(38)55)68-70(62,63)65-35-37/h9-10,12-13,15-16,18-19,21,24,31-32,36-40,44-51,55-58H,3-8,11,14,17,20,22-23,25-30,33-35H2,1-2H3,(H,62,63)(H2,59,60,61)/b10-9-,13-12-,16-15-,19-18-,24-21-,32-31+/t36-,37+,38-,39-,40-,44+,45+,46-,47+,48+,49-/m0/s1. The van der Waals surface area contributed by atoms with Crippen molar-refractivity contribution in [3.63, 3.8) is 0 Å². The lowest BCUT2D eigenvalue weighted by molar-refractivity contribution is -0.165. The van der Waals surface area contributed by atoms with Crippen LogP contribution < -0.4 is 0 Å². The molecule has 1 aliphatic heterocycles. The number of hydrogen-bond donors (Lipinski definition) is 9. The van der Waals surface area contributed by atoms with E-state index in [-0.39, 0.29) is 38.5 Å². The summed E-state index contributed by atoms with van der Waals surface area (Å²) in [6, 6.07) is 0. The molecule has 400 valence electrons. The van der Waals surface area contributed by atoms with Gasteiger partial charge in [-0.1, -0.05) is 119 Å². The number of ether oxygens (including phenoxy) is 2. The second-order valence-corrected chi connectivity index (χ2v) is 20.2. The minimum Gasteiger partial charge on any atom is -0.462 e. The Morgan fingerprint density at radius 3 is 2.07 bits per heavy atom. The highest BCUT2D eigenvalue weighted by molar-refractivity contribution is 7.47. The van der Waals surface area contributed by atoms with Crippen molar-refractivity contribution in [2.24, 2.45) is 11.8 Å². The van der Waals surface area contributed by atoms with Crippen molar-refractivity contribution < 1.29 is 91.9 Å². The molecule has 1 aliphatic carbocycles. The molecular weight excluding hydrogens is 954 g/mol. The second-order valence-electron chi connectivity index (χ2n) is 17.6. The van der Waals surface area contributed by atoms with Crippen LogP contribution in [0.5, 0.6) is 0 Å². The maximum absolute atomic E-state index is 13.9. The summed E-state index contributed by atoms with van der Waals surface area (Å²) in [7, 11) is -11.5. The maximum atomic E-state index is 13.9. The SMILES string of the molecule is CCCCC/C=C\C/C=C\C/C=C\C/C=C\CCCC(=O)O[C@@H]1COC(=O)CCC/C=C\C[C@@H]2[C@@H](O)[C@H](O)[C@@H](O)[C@H](OP(=O)(O)OC1)[C@H](OP(=O)(O)O)[C@H](O)[C@@H](/C=C/[C@@H](O)CCCCC)C(=O)C[C@@H]2O. The molecule has 0 spiro atoms. The van der Waals surface area contributed by atoms with Gasteiger partial charge in [0.25, 0.3) is 0 Å². The Bertz CT molecular complexity index is 1790. The molecule has 21 heteroatoms. The van der Waals surface area contributed by atoms with Crippen LogP contribution in [0.25, 0.3) is 0 Å². The first kappa shape index (κ1) is 63.1. The Morgan fingerprint density at radius 2 is 1.44 bits per heavy atom. The van der Waals surface area contributed by atoms with E-state index in [2.05, 4.69) is 37.3 Å². The Balaban J connectivity index is 2.35. The molecule has 0 aromatic carbocycles. The third-order valence-electron chi connectivity index (χ3n) is 11.6. The first-order valence-electron chi connectivity index (χ1n) is 24.6. The summed E-state index contributed by atoms with van der Waals surface area (Å²) in [5.74, 6) is -5.90. The molecule has 2 aliphatic rings.